The number of unbranched alkanes of at least 4 members (excludes halogenated alkanes) is 1. The van der Waals surface area contributed by atoms with Gasteiger partial charge >= 0.3 is 5.97 Å². The number of carboxylic acid groups (broad SMARTS) is 1. The molecule has 2 saturated heterocycles. The highest BCUT2D eigenvalue weighted by Gasteiger charge is 2.42. The molecule has 0 aromatic heterocycles. The zero-order valence-electron chi connectivity index (χ0n) is 22.8. The molecule has 3 rings (SSSR count). The molecule has 0 spiro atoms. The van der Waals surface area contributed by atoms with Gasteiger partial charge in [0.15, 0.2) is 12.6 Å². The van der Waals surface area contributed by atoms with Crippen LogP contribution in [0.4, 0.5) is 0 Å². The lowest BCUT2D eigenvalue weighted by atomic mass is 9.89. The van der Waals surface area contributed by atoms with E-state index in [0.29, 0.717) is 25.9 Å². The van der Waals surface area contributed by atoms with Crippen LogP contribution < -0.4 is 0 Å². The smallest absolute Gasteiger partial charge is 0.303 e. The molecule has 0 amide bonds. The minimum atomic E-state index is -0.771. The molecule has 0 radical (unpaired) electrons. The molecule has 0 bridgehead atoms. The van der Waals surface area contributed by atoms with E-state index in [1.165, 1.54) is 0 Å². The van der Waals surface area contributed by atoms with E-state index in [2.05, 4.69) is 18.2 Å². The summed E-state index contributed by atoms with van der Waals surface area (Å²) in [4.78, 5) is 10.8. The van der Waals surface area contributed by atoms with Gasteiger partial charge in [-0.3, -0.25) is 4.79 Å². The van der Waals surface area contributed by atoms with E-state index in [4.69, 9.17) is 35.7 Å². The Labute approximate surface area is 233 Å². The predicted octanol–water partition coefficient (Wildman–Crippen LogP) is 6.49. The third-order valence-electron chi connectivity index (χ3n) is 7.58. The first-order valence-corrected chi connectivity index (χ1v) is 14.9. The molecule has 1 aliphatic carbocycles. The van der Waals surface area contributed by atoms with Crippen molar-refractivity contribution in [1.29, 1.82) is 0 Å². The van der Waals surface area contributed by atoms with Crippen LogP contribution in [0.5, 0.6) is 0 Å². The number of hydrogen-bond acceptors (Lipinski definition) is 6. The average Bonchev–Trinajstić information content (AvgIpc) is 3.18. The van der Waals surface area contributed by atoms with Crippen LogP contribution in [0.1, 0.15) is 90.4 Å². The van der Waals surface area contributed by atoms with Crippen molar-refractivity contribution < 1.29 is 34.0 Å². The van der Waals surface area contributed by atoms with Crippen LogP contribution in [0.3, 0.4) is 0 Å². The summed E-state index contributed by atoms with van der Waals surface area (Å²) in [7, 11) is 0. The fourth-order valence-electron chi connectivity index (χ4n) is 5.51. The maximum atomic E-state index is 11.0. The van der Waals surface area contributed by atoms with E-state index in [9.17, 15) is 9.90 Å². The molecule has 216 valence electrons. The van der Waals surface area contributed by atoms with Crippen LogP contribution in [0, 0.1) is 11.8 Å². The lowest BCUT2D eigenvalue weighted by molar-refractivity contribution is -0.193. The summed E-state index contributed by atoms with van der Waals surface area (Å²) in [5, 5.41) is 20.6. The van der Waals surface area contributed by atoms with Crippen LogP contribution in [-0.4, -0.2) is 60.3 Å². The number of carboxylic acids is 1. The Bertz CT molecular complexity index is 767. The van der Waals surface area contributed by atoms with Gasteiger partial charge in [0.1, 0.15) is 0 Å². The van der Waals surface area contributed by atoms with Crippen molar-refractivity contribution in [3.8, 4) is 0 Å². The highest BCUT2D eigenvalue weighted by atomic mass is 35.5. The Hall–Kier alpha value is -1.22. The highest BCUT2D eigenvalue weighted by molar-refractivity contribution is 6.29. The minimum Gasteiger partial charge on any atom is -0.481 e. The summed E-state index contributed by atoms with van der Waals surface area (Å²) < 4.78 is 24.5. The first-order chi connectivity index (χ1) is 18.4. The van der Waals surface area contributed by atoms with Gasteiger partial charge in [0.25, 0.3) is 0 Å². The fraction of sp³-hybridized carbons (Fsp3) is 0.767. The van der Waals surface area contributed by atoms with Crippen LogP contribution in [0.25, 0.3) is 0 Å². The van der Waals surface area contributed by atoms with Gasteiger partial charge in [0, 0.05) is 37.0 Å². The lowest BCUT2D eigenvalue weighted by Crippen LogP contribution is -2.31. The second-order valence-corrected chi connectivity index (χ2v) is 11.3. The van der Waals surface area contributed by atoms with Crippen molar-refractivity contribution in [1.82, 2.24) is 0 Å². The second-order valence-electron chi connectivity index (χ2n) is 10.7. The number of halogens is 1. The quantitative estimate of drug-likeness (QED) is 0.176. The fourth-order valence-corrected chi connectivity index (χ4v) is 5.62. The summed E-state index contributed by atoms with van der Waals surface area (Å²) in [5.74, 6) is -0.748. The van der Waals surface area contributed by atoms with Gasteiger partial charge < -0.3 is 29.2 Å². The number of rotatable bonds is 15. The number of carbonyl (C=O) groups is 1. The van der Waals surface area contributed by atoms with Crippen LogP contribution in [0.15, 0.2) is 35.4 Å². The van der Waals surface area contributed by atoms with E-state index in [-0.39, 0.29) is 43.0 Å². The molecule has 8 heteroatoms. The number of ether oxygens (including phenoxy) is 4. The average molecular weight is 555 g/mol. The maximum absolute atomic E-state index is 11.0. The largest absolute Gasteiger partial charge is 0.481 e. The number of aliphatic hydroxyl groups is 1. The Morgan fingerprint density at radius 2 is 1.82 bits per heavy atom. The normalized spacial score (nSPS) is 31.8. The van der Waals surface area contributed by atoms with Crippen LogP contribution in [-0.2, 0) is 23.7 Å². The number of aliphatic carboxylic acids is 1. The molecule has 2 N–H and O–H groups in total. The van der Waals surface area contributed by atoms with Gasteiger partial charge in [0.05, 0.1) is 18.3 Å². The zero-order chi connectivity index (χ0) is 27.2. The van der Waals surface area contributed by atoms with Gasteiger partial charge in [-0.15, -0.1) is 0 Å². The Kier molecular flexibility index (Phi) is 14.4. The van der Waals surface area contributed by atoms with Gasteiger partial charge in [0.2, 0.25) is 0 Å². The molecule has 2 aliphatic heterocycles. The molecule has 3 fully saturated rings. The standard InChI is InChI=1S/C30H47ClO7/c1-22(31)11-10-12-23(37-29-15-6-8-19-35-29)17-18-25-24(13-4-2-3-5-14-28(33)34)26(32)21-27(25)38-30-16-7-9-20-36-30/h2,4,11,17-18,23-27,29-30,32H,3,5-10,12-16,19-21H2,1H3,(H,33,34)/t23-,24+,25+,26-,27+,29?,30?/m0/s1. The van der Waals surface area contributed by atoms with Crippen molar-refractivity contribution in [2.45, 2.75) is 121 Å². The van der Waals surface area contributed by atoms with E-state index in [1.54, 1.807) is 0 Å². The first kappa shape index (κ1) is 31.3. The highest BCUT2D eigenvalue weighted by Crippen LogP contribution is 2.39. The molecular formula is C30H47ClO7. The summed E-state index contributed by atoms with van der Waals surface area (Å²) in [5.41, 5.74) is 0. The minimum absolute atomic E-state index is 0.00660. The zero-order valence-corrected chi connectivity index (χ0v) is 23.6. The predicted molar refractivity (Wildman–Crippen MR) is 148 cm³/mol. The summed E-state index contributed by atoms with van der Waals surface area (Å²) in [6.45, 7) is 3.33. The topological polar surface area (TPSA) is 94.5 Å². The number of hydrogen-bond donors (Lipinski definition) is 2. The van der Waals surface area contributed by atoms with E-state index in [0.717, 1.165) is 69.4 Å². The number of allylic oxidation sites excluding steroid dienone is 4. The molecule has 7 atom stereocenters. The lowest BCUT2D eigenvalue weighted by Gasteiger charge is -2.30. The van der Waals surface area contributed by atoms with E-state index >= 15 is 0 Å². The molecular weight excluding hydrogens is 508 g/mol. The molecule has 3 aliphatic rings. The van der Waals surface area contributed by atoms with Gasteiger partial charge in [-0.05, 0) is 83.5 Å². The summed E-state index contributed by atoms with van der Waals surface area (Å²) >= 11 is 6.06. The second kappa shape index (κ2) is 17.5. The van der Waals surface area contributed by atoms with Crippen molar-refractivity contribution in [3.05, 3.63) is 35.4 Å². The van der Waals surface area contributed by atoms with Gasteiger partial charge in [-0.1, -0.05) is 42.0 Å². The molecule has 38 heavy (non-hydrogen) atoms. The van der Waals surface area contributed by atoms with Crippen molar-refractivity contribution in [3.63, 3.8) is 0 Å². The molecule has 0 aromatic rings. The monoisotopic (exact) mass is 554 g/mol. The number of aliphatic hydroxyl groups excluding tert-OH is 1. The van der Waals surface area contributed by atoms with Gasteiger partial charge in [-0.25, -0.2) is 0 Å². The molecule has 0 aromatic carbocycles. The Balaban J connectivity index is 1.69. The summed E-state index contributed by atoms with van der Waals surface area (Å²) in [6.07, 6.45) is 19.8. The van der Waals surface area contributed by atoms with Crippen molar-refractivity contribution in [2.75, 3.05) is 13.2 Å². The third kappa shape index (κ3) is 11.5. The van der Waals surface area contributed by atoms with Crippen LogP contribution >= 0.6 is 11.6 Å². The van der Waals surface area contributed by atoms with Gasteiger partial charge in [-0.2, -0.15) is 0 Å². The first-order valence-electron chi connectivity index (χ1n) is 14.5. The van der Waals surface area contributed by atoms with E-state index in [1.807, 2.05) is 19.1 Å². The van der Waals surface area contributed by atoms with Crippen molar-refractivity contribution >= 4 is 17.6 Å². The molecule has 7 nitrogen and oxygen atoms in total. The summed E-state index contributed by atoms with van der Waals surface area (Å²) in [6, 6.07) is 0. The molecule has 2 unspecified atom stereocenters. The third-order valence-corrected chi connectivity index (χ3v) is 7.74. The van der Waals surface area contributed by atoms with E-state index < -0.39 is 12.1 Å². The molecule has 2 heterocycles. The van der Waals surface area contributed by atoms with Crippen LogP contribution in [0.2, 0.25) is 0 Å². The van der Waals surface area contributed by atoms with Crippen molar-refractivity contribution in [2.24, 2.45) is 11.8 Å². The maximum Gasteiger partial charge on any atom is 0.303 e. The SMILES string of the molecule is CC(Cl)=CCC[C@@H](C=C[C@@H]1[C@@H](CC=CCCCC(=O)O)[C@@H](O)C[C@H]1OC1CCCCO1)OC1CCCCO1. The Morgan fingerprint density at radius 3 is 2.47 bits per heavy atom. The molecule has 1 saturated carbocycles. The Morgan fingerprint density at radius 1 is 1.08 bits per heavy atom.